The van der Waals surface area contributed by atoms with Crippen molar-refractivity contribution in [1.29, 1.82) is 0 Å². The second-order valence-electron chi connectivity index (χ2n) is 5.98. The molecule has 0 fully saturated rings. The number of aryl methyl sites for hydroxylation is 1. The molecule has 1 aliphatic heterocycles. The second kappa shape index (κ2) is 5.16. The van der Waals surface area contributed by atoms with Gasteiger partial charge in [0, 0.05) is 22.7 Å². The molecule has 100 valence electrons. The average molecular weight is 263 g/mol. The number of hydrogen-bond acceptors (Lipinski definition) is 2. The first-order chi connectivity index (χ1) is 8.41. The predicted molar refractivity (Wildman–Crippen MR) is 83.1 cm³/mol. The average Bonchev–Trinajstić information content (AvgIpc) is 2.28. The summed E-state index contributed by atoms with van der Waals surface area (Å²) < 4.78 is 0. The molecule has 1 aliphatic rings. The lowest BCUT2D eigenvalue weighted by atomic mass is 9.97. The van der Waals surface area contributed by atoms with Gasteiger partial charge in [-0.3, -0.25) is 0 Å². The molecular formula is C16H25NS. The smallest absolute Gasteiger partial charge is 0.0545 e. The van der Waals surface area contributed by atoms with Crippen LogP contribution < -0.4 is 4.90 Å². The van der Waals surface area contributed by atoms with E-state index in [-0.39, 0.29) is 0 Å². The van der Waals surface area contributed by atoms with Gasteiger partial charge in [-0.2, -0.15) is 0 Å². The zero-order valence-electron chi connectivity index (χ0n) is 12.4. The number of rotatable bonds is 2. The van der Waals surface area contributed by atoms with E-state index in [1.807, 2.05) is 11.8 Å². The first-order valence-electron chi connectivity index (χ1n) is 6.98. The molecule has 0 aliphatic carbocycles. The lowest BCUT2D eigenvalue weighted by Crippen LogP contribution is -2.39. The minimum absolute atomic E-state index is 0.575. The number of nitrogens with zero attached hydrogens (tertiary/aromatic N) is 1. The molecule has 0 N–H and O–H groups in total. The summed E-state index contributed by atoms with van der Waals surface area (Å²) in [4.78, 5) is 4.10. The lowest BCUT2D eigenvalue weighted by molar-refractivity contribution is 0.654. The largest absolute Gasteiger partial charge is 0.367 e. The zero-order chi connectivity index (χ0) is 13.4. The highest BCUT2D eigenvalue weighted by molar-refractivity contribution is 8.00. The standard InChI is InChI=1S/C16H25NS/c1-10(2)14-8-7-12(5)16-15(14)17(11(3)4)9-13(6)18-16/h7-8,10-11,13H,9H2,1-6H3/t13-/m1/s1. The fourth-order valence-corrected chi connectivity index (χ4v) is 3.91. The molecule has 0 radical (unpaired) electrons. The Kier molecular flexibility index (Phi) is 3.96. The van der Waals surface area contributed by atoms with Gasteiger partial charge in [-0.25, -0.2) is 0 Å². The van der Waals surface area contributed by atoms with Gasteiger partial charge in [0.1, 0.15) is 0 Å². The number of fused-ring (bicyclic) bond motifs is 1. The van der Waals surface area contributed by atoms with Gasteiger partial charge in [0.05, 0.1) is 5.69 Å². The van der Waals surface area contributed by atoms with Crippen molar-refractivity contribution in [2.45, 2.75) is 63.6 Å². The van der Waals surface area contributed by atoms with Crippen LogP contribution in [0.15, 0.2) is 17.0 Å². The van der Waals surface area contributed by atoms with Crippen LogP contribution in [0, 0.1) is 6.92 Å². The number of hydrogen-bond donors (Lipinski definition) is 0. The number of anilines is 1. The molecule has 18 heavy (non-hydrogen) atoms. The molecule has 1 atom stereocenters. The molecule has 0 spiro atoms. The Morgan fingerprint density at radius 1 is 1.22 bits per heavy atom. The maximum Gasteiger partial charge on any atom is 0.0545 e. The molecule has 2 heteroatoms. The van der Waals surface area contributed by atoms with Crippen LogP contribution in [0.1, 0.15) is 51.7 Å². The zero-order valence-corrected chi connectivity index (χ0v) is 13.3. The van der Waals surface area contributed by atoms with E-state index in [0.29, 0.717) is 17.2 Å². The SMILES string of the molecule is Cc1ccc(C(C)C)c2c1S[C@H](C)CN2C(C)C. The van der Waals surface area contributed by atoms with E-state index < -0.39 is 0 Å². The Bertz CT molecular complexity index is 437. The monoisotopic (exact) mass is 263 g/mol. The third-order valence-electron chi connectivity index (χ3n) is 3.66. The topological polar surface area (TPSA) is 3.24 Å². The highest BCUT2D eigenvalue weighted by Gasteiger charge is 2.28. The summed E-state index contributed by atoms with van der Waals surface area (Å²) >= 11 is 2.05. The summed E-state index contributed by atoms with van der Waals surface area (Å²) in [6, 6.07) is 5.19. The molecule has 0 saturated carbocycles. The van der Waals surface area contributed by atoms with Gasteiger partial charge in [0.2, 0.25) is 0 Å². The fourth-order valence-electron chi connectivity index (χ4n) is 2.67. The first kappa shape index (κ1) is 13.8. The van der Waals surface area contributed by atoms with E-state index in [9.17, 15) is 0 Å². The van der Waals surface area contributed by atoms with Crippen LogP contribution in [0.5, 0.6) is 0 Å². The van der Waals surface area contributed by atoms with Crippen LogP contribution in [0.4, 0.5) is 5.69 Å². The Labute approximate surface area is 116 Å². The van der Waals surface area contributed by atoms with E-state index in [0.717, 1.165) is 0 Å². The minimum Gasteiger partial charge on any atom is -0.367 e. The highest BCUT2D eigenvalue weighted by atomic mass is 32.2. The lowest BCUT2D eigenvalue weighted by Gasteiger charge is -2.40. The van der Waals surface area contributed by atoms with Gasteiger partial charge in [0.15, 0.2) is 0 Å². The van der Waals surface area contributed by atoms with Gasteiger partial charge in [-0.05, 0) is 37.8 Å². The maximum atomic E-state index is 2.60. The molecule has 0 unspecified atom stereocenters. The van der Waals surface area contributed by atoms with Crippen molar-refractivity contribution in [3.05, 3.63) is 23.3 Å². The molecule has 2 rings (SSSR count). The molecule has 1 aromatic rings. The summed E-state index contributed by atoms with van der Waals surface area (Å²) in [5.41, 5.74) is 4.43. The van der Waals surface area contributed by atoms with E-state index in [2.05, 4.69) is 58.6 Å². The fraction of sp³-hybridized carbons (Fsp3) is 0.625. The molecular weight excluding hydrogens is 238 g/mol. The van der Waals surface area contributed by atoms with Crippen LogP contribution in [0.3, 0.4) is 0 Å². The summed E-state index contributed by atoms with van der Waals surface area (Å²) in [6.45, 7) is 15.0. The third-order valence-corrected chi connectivity index (χ3v) is 4.97. The van der Waals surface area contributed by atoms with Gasteiger partial charge in [-0.15, -0.1) is 11.8 Å². The summed E-state index contributed by atoms with van der Waals surface area (Å²) in [6.07, 6.45) is 0. The molecule has 1 aromatic carbocycles. The van der Waals surface area contributed by atoms with E-state index in [1.165, 1.54) is 28.3 Å². The van der Waals surface area contributed by atoms with Crippen molar-refractivity contribution in [3.63, 3.8) is 0 Å². The molecule has 1 nitrogen and oxygen atoms in total. The van der Waals surface area contributed by atoms with Gasteiger partial charge in [-0.1, -0.05) is 32.9 Å². The quantitative estimate of drug-likeness (QED) is 0.752. The summed E-state index contributed by atoms with van der Waals surface area (Å²) in [5, 5.41) is 0.681. The minimum atomic E-state index is 0.575. The normalized spacial score (nSPS) is 19.6. The summed E-state index contributed by atoms with van der Waals surface area (Å²) in [5.74, 6) is 0.592. The Morgan fingerprint density at radius 2 is 1.89 bits per heavy atom. The first-order valence-corrected chi connectivity index (χ1v) is 7.86. The van der Waals surface area contributed by atoms with Gasteiger partial charge < -0.3 is 4.90 Å². The molecule has 0 saturated heterocycles. The van der Waals surface area contributed by atoms with E-state index in [1.54, 1.807) is 0 Å². The van der Waals surface area contributed by atoms with Crippen LogP contribution in [0.25, 0.3) is 0 Å². The van der Waals surface area contributed by atoms with E-state index >= 15 is 0 Å². The van der Waals surface area contributed by atoms with Crippen LogP contribution in [0.2, 0.25) is 0 Å². The molecule has 0 aromatic heterocycles. The van der Waals surface area contributed by atoms with Crippen molar-refractivity contribution in [2.24, 2.45) is 0 Å². The van der Waals surface area contributed by atoms with Crippen LogP contribution >= 0.6 is 11.8 Å². The predicted octanol–water partition coefficient (Wildman–Crippen LogP) is 4.83. The second-order valence-corrected chi connectivity index (χ2v) is 7.43. The van der Waals surface area contributed by atoms with Crippen molar-refractivity contribution in [2.75, 3.05) is 11.4 Å². The highest BCUT2D eigenvalue weighted by Crippen LogP contribution is 2.45. The molecule has 1 heterocycles. The maximum absolute atomic E-state index is 2.60. The Hall–Kier alpha value is -0.630. The van der Waals surface area contributed by atoms with Crippen molar-refractivity contribution >= 4 is 17.4 Å². The van der Waals surface area contributed by atoms with Crippen molar-refractivity contribution in [3.8, 4) is 0 Å². The Morgan fingerprint density at radius 3 is 2.44 bits per heavy atom. The van der Waals surface area contributed by atoms with E-state index in [4.69, 9.17) is 0 Å². The molecule has 0 bridgehead atoms. The van der Waals surface area contributed by atoms with Gasteiger partial charge in [0.25, 0.3) is 0 Å². The van der Waals surface area contributed by atoms with Crippen molar-refractivity contribution in [1.82, 2.24) is 0 Å². The molecule has 0 amide bonds. The van der Waals surface area contributed by atoms with Crippen LogP contribution in [-0.2, 0) is 0 Å². The summed E-state index contributed by atoms with van der Waals surface area (Å²) in [7, 11) is 0. The van der Waals surface area contributed by atoms with Crippen molar-refractivity contribution < 1.29 is 0 Å². The van der Waals surface area contributed by atoms with Crippen LogP contribution in [-0.4, -0.2) is 17.8 Å². The Balaban J connectivity index is 2.61. The van der Waals surface area contributed by atoms with Gasteiger partial charge >= 0.3 is 0 Å². The third kappa shape index (κ3) is 2.40. The number of thioether (sulfide) groups is 1. The number of benzene rings is 1.